The Kier molecular flexibility index (Phi) is 4.03. The number of nitrogens with one attached hydrogen (secondary N) is 1. The van der Waals surface area contributed by atoms with Gasteiger partial charge in [-0.15, -0.1) is 0 Å². The van der Waals surface area contributed by atoms with Crippen molar-refractivity contribution < 1.29 is 4.74 Å². The number of hydrogen-bond acceptors (Lipinski definition) is 2. The molecule has 2 rings (SSSR count). The third-order valence-electron chi connectivity index (χ3n) is 2.46. The first-order chi connectivity index (χ1) is 7.27. The van der Waals surface area contributed by atoms with Crippen LogP contribution in [-0.2, 0) is 4.74 Å². The van der Waals surface area contributed by atoms with Gasteiger partial charge in [0.2, 0.25) is 0 Å². The van der Waals surface area contributed by atoms with Crippen LogP contribution in [0.25, 0.3) is 0 Å². The van der Waals surface area contributed by atoms with Crippen LogP contribution in [0.1, 0.15) is 18.1 Å². The molecule has 82 valence electrons. The van der Waals surface area contributed by atoms with Crippen LogP contribution in [0.3, 0.4) is 0 Å². The number of ether oxygens (including phenoxy) is 1. The SMILES string of the molecule is Clc1cc(Br)ccc1C1CNCCCO1. The Morgan fingerprint density at radius 3 is 3.13 bits per heavy atom. The summed E-state index contributed by atoms with van der Waals surface area (Å²) in [7, 11) is 0. The van der Waals surface area contributed by atoms with Gasteiger partial charge in [0.15, 0.2) is 0 Å². The van der Waals surface area contributed by atoms with Crippen molar-refractivity contribution in [3.63, 3.8) is 0 Å². The van der Waals surface area contributed by atoms with Gasteiger partial charge in [0.1, 0.15) is 0 Å². The summed E-state index contributed by atoms with van der Waals surface area (Å²) in [6.07, 6.45) is 1.14. The van der Waals surface area contributed by atoms with Crippen molar-refractivity contribution in [1.82, 2.24) is 5.32 Å². The Morgan fingerprint density at radius 2 is 2.33 bits per heavy atom. The highest BCUT2D eigenvalue weighted by Gasteiger charge is 2.17. The molecule has 1 N–H and O–H groups in total. The summed E-state index contributed by atoms with van der Waals surface area (Å²) in [6.45, 7) is 2.65. The molecule has 1 aliphatic rings. The zero-order chi connectivity index (χ0) is 10.7. The Morgan fingerprint density at radius 1 is 1.47 bits per heavy atom. The molecule has 0 radical (unpaired) electrons. The van der Waals surface area contributed by atoms with E-state index in [9.17, 15) is 0 Å². The lowest BCUT2D eigenvalue weighted by Gasteiger charge is -2.16. The minimum Gasteiger partial charge on any atom is -0.372 e. The van der Waals surface area contributed by atoms with Crippen molar-refractivity contribution in [2.75, 3.05) is 19.7 Å². The second-order valence-corrected chi connectivity index (χ2v) is 4.91. The van der Waals surface area contributed by atoms with Crippen LogP contribution in [0.4, 0.5) is 0 Å². The normalized spacial score (nSPS) is 22.4. The highest BCUT2D eigenvalue weighted by atomic mass is 79.9. The van der Waals surface area contributed by atoms with E-state index in [1.54, 1.807) is 0 Å². The fourth-order valence-electron chi connectivity index (χ4n) is 1.68. The smallest absolute Gasteiger partial charge is 0.0963 e. The quantitative estimate of drug-likeness (QED) is 0.858. The standard InChI is InChI=1S/C11H13BrClNO/c12-8-2-3-9(10(13)6-8)11-7-14-4-1-5-15-11/h2-3,6,11,14H,1,4-5,7H2. The van der Waals surface area contributed by atoms with Gasteiger partial charge in [-0.2, -0.15) is 0 Å². The molecule has 1 aromatic rings. The summed E-state index contributed by atoms with van der Waals surface area (Å²) in [5, 5.41) is 4.10. The molecule has 1 fully saturated rings. The second-order valence-electron chi connectivity index (χ2n) is 3.58. The number of halogens is 2. The maximum Gasteiger partial charge on any atom is 0.0963 e. The van der Waals surface area contributed by atoms with Gasteiger partial charge in [0.05, 0.1) is 6.10 Å². The molecular formula is C11H13BrClNO. The molecule has 1 unspecified atom stereocenters. The van der Waals surface area contributed by atoms with Crippen molar-refractivity contribution in [3.8, 4) is 0 Å². The van der Waals surface area contributed by atoms with Gasteiger partial charge >= 0.3 is 0 Å². The first kappa shape index (κ1) is 11.4. The van der Waals surface area contributed by atoms with Gasteiger partial charge in [-0.1, -0.05) is 33.6 Å². The molecule has 1 heterocycles. The Hall–Kier alpha value is -0.0900. The maximum absolute atomic E-state index is 6.18. The minimum atomic E-state index is 0.0769. The van der Waals surface area contributed by atoms with Crippen LogP contribution in [-0.4, -0.2) is 19.7 Å². The van der Waals surface area contributed by atoms with Gasteiger partial charge in [-0.05, 0) is 25.1 Å². The van der Waals surface area contributed by atoms with Crippen molar-refractivity contribution in [2.45, 2.75) is 12.5 Å². The molecule has 15 heavy (non-hydrogen) atoms. The molecule has 1 aromatic carbocycles. The molecule has 1 saturated heterocycles. The van der Waals surface area contributed by atoms with E-state index in [1.807, 2.05) is 18.2 Å². The van der Waals surface area contributed by atoms with Crippen LogP contribution in [0.5, 0.6) is 0 Å². The van der Waals surface area contributed by atoms with Gasteiger partial charge < -0.3 is 10.1 Å². The fraction of sp³-hybridized carbons (Fsp3) is 0.455. The lowest BCUT2D eigenvalue weighted by atomic mass is 10.1. The number of rotatable bonds is 1. The molecular weight excluding hydrogens is 277 g/mol. The lowest BCUT2D eigenvalue weighted by Crippen LogP contribution is -2.20. The number of benzene rings is 1. The monoisotopic (exact) mass is 289 g/mol. The Labute approximate surface area is 103 Å². The van der Waals surface area contributed by atoms with Crippen LogP contribution in [0, 0.1) is 0 Å². The van der Waals surface area contributed by atoms with Crippen LogP contribution >= 0.6 is 27.5 Å². The Balaban J connectivity index is 2.19. The molecule has 0 saturated carbocycles. The van der Waals surface area contributed by atoms with E-state index in [0.717, 1.165) is 41.2 Å². The van der Waals surface area contributed by atoms with Crippen LogP contribution in [0.2, 0.25) is 5.02 Å². The molecule has 1 atom stereocenters. The first-order valence-corrected chi connectivity index (χ1v) is 6.22. The molecule has 4 heteroatoms. The molecule has 2 nitrogen and oxygen atoms in total. The topological polar surface area (TPSA) is 21.3 Å². The van der Waals surface area contributed by atoms with E-state index in [2.05, 4.69) is 21.2 Å². The molecule has 0 bridgehead atoms. The van der Waals surface area contributed by atoms with Crippen molar-refractivity contribution >= 4 is 27.5 Å². The summed E-state index contributed by atoms with van der Waals surface area (Å²) in [5.74, 6) is 0. The molecule has 0 spiro atoms. The van der Waals surface area contributed by atoms with E-state index < -0.39 is 0 Å². The summed E-state index contributed by atoms with van der Waals surface area (Å²) >= 11 is 9.57. The zero-order valence-corrected chi connectivity index (χ0v) is 10.6. The summed E-state index contributed by atoms with van der Waals surface area (Å²) in [4.78, 5) is 0. The molecule has 0 aromatic heterocycles. The van der Waals surface area contributed by atoms with Gasteiger partial charge in [0, 0.05) is 28.2 Å². The van der Waals surface area contributed by atoms with Crippen molar-refractivity contribution in [3.05, 3.63) is 33.3 Å². The highest BCUT2D eigenvalue weighted by molar-refractivity contribution is 9.10. The van der Waals surface area contributed by atoms with E-state index in [0.29, 0.717) is 0 Å². The van der Waals surface area contributed by atoms with E-state index >= 15 is 0 Å². The largest absolute Gasteiger partial charge is 0.372 e. The van der Waals surface area contributed by atoms with Crippen molar-refractivity contribution in [2.24, 2.45) is 0 Å². The van der Waals surface area contributed by atoms with E-state index in [1.165, 1.54) is 0 Å². The minimum absolute atomic E-state index is 0.0769. The highest BCUT2D eigenvalue weighted by Crippen LogP contribution is 2.28. The maximum atomic E-state index is 6.18. The predicted molar refractivity (Wildman–Crippen MR) is 65.3 cm³/mol. The Bertz CT molecular complexity index is 337. The van der Waals surface area contributed by atoms with Crippen molar-refractivity contribution in [1.29, 1.82) is 0 Å². The third-order valence-corrected chi connectivity index (χ3v) is 3.28. The predicted octanol–water partition coefficient (Wildman–Crippen LogP) is 3.15. The van der Waals surface area contributed by atoms with E-state index in [4.69, 9.17) is 16.3 Å². The average Bonchev–Trinajstić information content (AvgIpc) is 2.46. The third kappa shape index (κ3) is 2.94. The summed E-state index contributed by atoms with van der Waals surface area (Å²) in [5.41, 5.74) is 1.06. The molecule has 0 amide bonds. The number of hydrogen-bond donors (Lipinski definition) is 1. The second kappa shape index (κ2) is 5.30. The lowest BCUT2D eigenvalue weighted by molar-refractivity contribution is 0.0669. The summed E-state index contributed by atoms with van der Waals surface area (Å²) < 4.78 is 6.75. The van der Waals surface area contributed by atoms with Gasteiger partial charge in [-0.3, -0.25) is 0 Å². The van der Waals surface area contributed by atoms with Gasteiger partial charge in [0.25, 0.3) is 0 Å². The fourth-order valence-corrected chi connectivity index (χ4v) is 2.47. The molecule has 1 aliphatic heterocycles. The molecule has 0 aliphatic carbocycles. The van der Waals surface area contributed by atoms with Crippen LogP contribution in [0.15, 0.2) is 22.7 Å². The van der Waals surface area contributed by atoms with Crippen LogP contribution < -0.4 is 5.32 Å². The summed E-state index contributed by atoms with van der Waals surface area (Å²) in [6, 6.07) is 5.92. The van der Waals surface area contributed by atoms with Gasteiger partial charge in [-0.25, -0.2) is 0 Å². The zero-order valence-electron chi connectivity index (χ0n) is 8.30. The average molecular weight is 291 g/mol. The van der Waals surface area contributed by atoms with E-state index in [-0.39, 0.29) is 6.10 Å². The first-order valence-electron chi connectivity index (χ1n) is 5.04.